The van der Waals surface area contributed by atoms with Gasteiger partial charge >= 0.3 is 0 Å². The van der Waals surface area contributed by atoms with Crippen LogP contribution in [0.3, 0.4) is 0 Å². The fraction of sp³-hybridized carbons (Fsp3) is 0.562. The molecular formula is C16H26N2O3. The molecule has 118 valence electrons. The third kappa shape index (κ3) is 6.14. The quantitative estimate of drug-likeness (QED) is 0.686. The first-order valence-corrected chi connectivity index (χ1v) is 7.33. The van der Waals surface area contributed by atoms with Gasteiger partial charge in [-0.1, -0.05) is 19.4 Å². The van der Waals surface area contributed by atoms with Crippen molar-refractivity contribution in [3.05, 3.63) is 23.8 Å². The molecular weight excluding hydrogens is 268 g/mol. The lowest BCUT2D eigenvalue weighted by molar-refractivity contribution is -0.117. The van der Waals surface area contributed by atoms with Crippen LogP contribution in [0.25, 0.3) is 0 Å². The topological polar surface area (TPSA) is 73.6 Å². The third-order valence-corrected chi connectivity index (χ3v) is 3.34. The molecule has 21 heavy (non-hydrogen) atoms. The maximum Gasteiger partial charge on any atom is 0.224 e. The van der Waals surface area contributed by atoms with Crippen LogP contribution in [-0.2, 0) is 9.53 Å². The lowest BCUT2D eigenvalue weighted by Gasteiger charge is -2.15. The molecule has 1 atom stereocenters. The van der Waals surface area contributed by atoms with E-state index in [9.17, 15) is 4.79 Å². The van der Waals surface area contributed by atoms with E-state index >= 15 is 0 Å². The monoisotopic (exact) mass is 294 g/mol. The van der Waals surface area contributed by atoms with Crippen LogP contribution in [0.15, 0.2) is 18.2 Å². The van der Waals surface area contributed by atoms with E-state index in [4.69, 9.17) is 15.2 Å². The summed E-state index contributed by atoms with van der Waals surface area (Å²) in [5.41, 5.74) is 7.40. The summed E-state index contributed by atoms with van der Waals surface area (Å²) in [5.74, 6) is 0.849. The van der Waals surface area contributed by atoms with Gasteiger partial charge in [-0.25, -0.2) is 0 Å². The number of hydrogen-bond donors (Lipinski definition) is 2. The Morgan fingerprint density at radius 1 is 1.38 bits per heavy atom. The Bertz CT molecular complexity index is 445. The predicted octanol–water partition coefficient (Wildman–Crippen LogP) is 2.33. The first kappa shape index (κ1) is 17.5. The number of amides is 1. The minimum Gasteiger partial charge on any atom is -0.489 e. The lowest BCUT2D eigenvalue weighted by Crippen LogP contribution is -2.22. The molecule has 0 heterocycles. The molecule has 0 aromatic heterocycles. The fourth-order valence-electron chi connectivity index (χ4n) is 1.94. The summed E-state index contributed by atoms with van der Waals surface area (Å²) in [7, 11) is 1.62. The Kier molecular flexibility index (Phi) is 7.79. The van der Waals surface area contributed by atoms with Crippen LogP contribution in [0.2, 0.25) is 0 Å². The molecule has 1 aromatic carbocycles. The van der Waals surface area contributed by atoms with Crippen molar-refractivity contribution >= 4 is 11.6 Å². The summed E-state index contributed by atoms with van der Waals surface area (Å²) < 4.78 is 10.6. The van der Waals surface area contributed by atoms with Crippen LogP contribution in [0, 0.1) is 12.8 Å². The Labute approximate surface area is 126 Å². The number of ether oxygens (including phenoxy) is 2. The second-order valence-electron chi connectivity index (χ2n) is 5.10. The molecule has 5 heteroatoms. The highest BCUT2D eigenvalue weighted by Crippen LogP contribution is 2.26. The smallest absolute Gasteiger partial charge is 0.224 e. The van der Waals surface area contributed by atoms with Gasteiger partial charge in [-0.15, -0.1) is 0 Å². The summed E-state index contributed by atoms with van der Waals surface area (Å²) in [6.45, 7) is 5.50. The van der Waals surface area contributed by atoms with E-state index in [-0.39, 0.29) is 11.8 Å². The average molecular weight is 294 g/mol. The van der Waals surface area contributed by atoms with Crippen LogP contribution < -0.4 is 15.8 Å². The summed E-state index contributed by atoms with van der Waals surface area (Å²) in [6, 6.07) is 5.71. The van der Waals surface area contributed by atoms with E-state index in [1.807, 2.05) is 32.0 Å². The number of methoxy groups -OCH3 is 1. The maximum absolute atomic E-state index is 12.1. The van der Waals surface area contributed by atoms with E-state index in [0.29, 0.717) is 37.6 Å². The number of carbonyl (C=O) groups is 1. The molecule has 0 spiro atoms. The number of anilines is 1. The van der Waals surface area contributed by atoms with Gasteiger partial charge in [0.15, 0.2) is 0 Å². The van der Waals surface area contributed by atoms with Gasteiger partial charge in [0, 0.05) is 13.5 Å². The highest BCUT2D eigenvalue weighted by atomic mass is 16.5. The van der Waals surface area contributed by atoms with Crippen molar-refractivity contribution < 1.29 is 14.3 Å². The van der Waals surface area contributed by atoms with Gasteiger partial charge < -0.3 is 20.5 Å². The predicted molar refractivity (Wildman–Crippen MR) is 84.6 cm³/mol. The van der Waals surface area contributed by atoms with E-state index in [2.05, 4.69) is 5.32 Å². The molecule has 0 bridgehead atoms. The summed E-state index contributed by atoms with van der Waals surface area (Å²) in [6.07, 6.45) is 1.33. The molecule has 0 radical (unpaired) electrons. The number of nitrogens with one attached hydrogen (secondary N) is 1. The van der Waals surface area contributed by atoms with Gasteiger partial charge in [0.2, 0.25) is 5.91 Å². The van der Waals surface area contributed by atoms with Gasteiger partial charge in [-0.05, 0) is 37.1 Å². The van der Waals surface area contributed by atoms with Gasteiger partial charge in [-0.2, -0.15) is 0 Å². The molecule has 1 amide bonds. The van der Waals surface area contributed by atoms with Crippen molar-refractivity contribution in [1.29, 1.82) is 0 Å². The molecule has 1 aromatic rings. The van der Waals surface area contributed by atoms with Gasteiger partial charge in [0.05, 0.1) is 12.3 Å². The van der Waals surface area contributed by atoms with E-state index in [1.54, 1.807) is 7.11 Å². The summed E-state index contributed by atoms with van der Waals surface area (Å²) in [5, 5.41) is 2.90. The Morgan fingerprint density at radius 3 is 2.76 bits per heavy atom. The molecule has 0 fully saturated rings. The number of hydrogen-bond acceptors (Lipinski definition) is 4. The number of carbonyl (C=O) groups excluding carboxylic acids is 1. The largest absolute Gasteiger partial charge is 0.489 e. The minimum absolute atomic E-state index is 0.0345. The molecule has 1 unspecified atom stereocenters. The van der Waals surface area contributed by atoms with Crippen molar-refractivity contribution in [2.45, 2.75) is 26.7 Å². The van der Waals surface area contributed by atoms with E-state index in [1.165, 1.54) is 0 Å². The first-order chi connectivity index (χ1) is 10.1. The van der Waals surface area contributed by atoms with Crippen molar-refractivity contribution in [1.82, 2.24) is 0 Å². The second-order valence-corrected chi connectivity index (χ2v) is 5.10. The fourth-order valence-corrected chi connectivity index (χ4v) is 1.94. The SMILES string of the molecule is CCC(CN)CC(=O)Nc1ccc(C)cc1OCCOC. The zero-order chi connectivity index (χ0) is 15.7. The van der Waals surface area contributed by atoms with Crippen LogP contribution in [0.5, 0.6) is 5.75 Å². The van der Waals surface area contributed by atoms with Crippen molar-refractivity contribution in [2.75, 3.05) is 32.2 Å². The van der Waals surface area contributed by atoms with Gasteiger partial charge in [-0.3, -0.25) is 4.79 Å². The second kappa shape index (κ2) is 9.37. The summed E-state index contributed by atoms with van der Waals surface area (Å²) in [4.78, 5) is 12.1. The first-order valence-electron chi connectivity index (χ1n) is 7.33. The number of rotatable bonds is 9. The maximum atomic E-state index is 12.1. The Balaban J connectivity index is 2.70. The summed E-state index contributed by atoms with van der Waals surface area (Å²) >= 11 is 0. The molecule has 1 rings (SSSR count). The lowest BCUT2D eigenvalue weighted by atomic mass is 10.0. The Morgan fingerprint density at radius 2 is 2.14 bits per heavy atom. The average Bonchev–Trinajstić information content (AvgIpc) is 2.47. The molecule has 0 aliphatic rings. The molecule has 0 saturated carbocycles. The van der Waals surface area contributed by atoms with Crippen LogP contribution in [-0.4, -0.2) is 32.8 Å². The standard InChI is InChI=1S/C16H26N2O3/c1-4-13(11-17)10-16(19)18-14-6-5-12(2)9-15(14)21-8-7-20-3/h5-6,9,13H,4,7-8,10-11,17H2,1-3H3,(H,18,19). The van der Waals surface area contributed by atoms with Crippen LogP contribution in [0.1, 0.15) is 25.3 Å². The zero-order valence-corrected chi connectivity index (χ0v) is 13.1. The normalized spacial score (nSPS) is 12.0. The number of benzene rings is 1. The molecule has 5 nitrogen and oxygen atoms in total. The van der Waals surface area contributed by atoms with Gasteiger partial charge in [0.1, 0.15) is 12.4 Å². The highest BCUT2D eigenvalue weighted by molar-refractivity contribution is 5.92. The molecule has 3 N–H and O–H groups in total. The minimum atomic E-state index is -0.0345. The molecule has 0 aliphatic heterocycles. The van der Waals surface area contributed by atoms with E-state index < -0.39 is 0 Å². The third-order valence-electron chi connectivity index (χ3n) is 3.34. The van der Waals surface area contributed by atoms with E-state index in [0.717, 1.165) is 12.0 Å². The van der Waals surface area contributed by atoms with Crippen molar-refractivity contribution in [3.8, 4) is 5.75 Å². The van der Waals surface area contributed by atoms with Gasteiger partial charge in [0.25, 0.3) is 0 Å². The Hall–Kier alpha value is -1.59. The highest BCUT2D eigenvalue weighted by Gasteiger charge is 2.13. The number of aryl methyl sites for hydroxylation is 1. The molecule has 0 saturated heterocycles. The number of nitrogens with two attached hydrogens (primary N) is 1. The van der Waals surface area contributed by atoms with Crippen LogP contribution in [0.4, 0.5) is 5.69 Å². The van der Waals surface area contributed by atoms with Crippen molar-refractivity contribution in [3.63, 3.8) is 0 Å². The molecule has 0 aliphatic carbocycles. The zero-order valence-electron chi connectivity index (χ0n) is 13.1. The van der Waals surface area contributed by atoms with Crippen molar-refractivity contribution in [2.24, 2.45) is 11.7 Å². The van der Waals surface area contributed by atoms with Crippen LogP contribution >= 0.6 is 0 Å².